The van der Waals surface area contributed by atoms with E-state index in [1.165, 1.54) is 6.21 Å². The van der Waals surface area contributed by atoms with Crippen molar-refractivity contribution in [2.75, 3.05) is 0 Å². The third-order valence-electron chi connectivity index (χ3n) is 2.78. The second-order valence-electron chi connectivity index (χ2n) is 4.45. The molecule has 8 heteroatoms. The van der Waals surface area contributed by atoms with Gasteiger partial charge < -0.3 is 16.2 Å². The molecule has 0 radical (unpaired) electrons. The molecule has 2 rings (SSSR count). The van der Waals surface area contributed by atoms with Crippen molar-refractivity contribution in [2.45, 2.75) is 6.61 Å². The Morgan fingerprint density at radius 2 is 1.65 bits per heavy atom. The van der Waals surface area contributed by atoms with Crippen molar-refractivity contribution in [2.24, 2.45) is 21.7 Å². The van der Waals surface area contributed by atoms with Crippen LogP contribution in [0.5, 0.6) is 5.75 Å². The molecule has 0 saturated heterocycles. The van der Waals surface area contributed by atoms with Crippen LogP contribution in [0.4, 0.5) is 0 Å². The van der Waals surface area contributed by atoms with E-state index in [0.717, 1.165) is 5.56 Å². The number of halogens is 3. The average Bonchev–Trinajstić information content (AvgIpc) is 2.52. The van der Waals surface area contributed by atoms with Crippen LogP contribution in [0.1, 0.15) is 11.1 Å². The van der Waals surface area contributed by atoms with Crippen molar-refractivity contribution in [1.82, 2.24) is 0 Å². The fraction of sp³-hybridized carbons (Fsp3) is 0.0667. The van der Waals surface area contributed by atoms with Gasteiger partial charge in [-0.2, -0.15) is 5.10 Å². The molecule has 0 aromatic heterocycles. The van der Waals surface area contributed by atoms with Gasteiger partial charge in [0.25, 0.3) is 0 Å². The van der Waals surface area contributed by atoms with E-state index in [9.17, 15) is 0 Å². The summed E-state index contributed by atoms with van der Waals surface area (Å²) < 4.78 is 5.67. The fourth-order valence-electron chi connectivity index (χ4n) is 1.67. The molecule has 0 heterocycles. The summed E-state index contributed by atoms with van der Waals surface area (Å²) in [7, 11) is 0. The summed E-state index contributed by atoms with van der Waals surface area (Å²) in [5, 5.41) is 8.56. The van der Waals surface area contributed by atoms with Crippen molar-refractivity contribution >= 4 is 47.0 Å². The molecule has 0 amide bonds. The number of nitrogens with two attached hydrogens (primary N) is 2. The van der Waals surface area contributed by atoms with E-state index in [4.69, 9.17) is 51.0 Å². The predicted octanol–water partition coefficient (Wildman–Crippen LogP) is 3.83. The molecule has 0 saturated carbocycles. The van der Waals surface area contributed by atoms with Gasteiger partial charge in [-0.3, -0.25) is 0 Å². The highest BCUT2D eigenvalue weighted by molar-refractivity contribution is 6.44. The maximum absolute atomic E-state index is 6.13. The lowest BCUT2D eigenvalue weighted by Gasteiger charge is -2.10. The first-order chi connectivity index (χ1) is 11.0. The van der Waals surface area contributed by atoms with Gasteiger partial charge >= 0.3 is 0 Å². The van der Waals surface area contributed by atoms with Crippen LogP contribution in [0, 0.1) is 0 Å². The Hall–Kier alpha value is -1.95. The lowest BCUT2D eigenvalue weighted by atomic mass is 10.2. The number of benzene rings is 2. The highest BCUT2D eigenvalue weighted by Crippen LogP contribution is 2.32. The van der Waals surface area contributed by atoms with Crippen molar-refractivity contribution in [3.05, 3.63) is 62.6 Å². The number of rotatable bonds is 5. The zero-order valence-electron chi connectivity index (χ0n) is 11.8. The number of hydrogen-bond acceptors (Lipinski definition) is 3. The largest absolute Gasteiger partial charge is 0.489 e. The molecule has 4 N–H and O–H groups in total. The molecule has 5 nitrogen and oxygen atoms in total. The Morgan fingerprint density at radius 1 is 1.00 bits per heavy atom. The molecule has 2 aromatic rings. The second kappa shape index (κ2) is 8.06. The molecule has 0 spiro atoms. The molecule has 0 unspecified atom stereocenters. The van der Waals surface area contributed by atoms with E-state index in [1.54, 1.807) is 24.3 Å². The van der Waals surface area contributed by atoms with Gasteiger partial charge in [-0.1, -0.05) is 34.8 Å². The number of guanidine groups is 1. The molecular weight excluding hydrogens is 359 g/mol. The predicted molar refractivity (Wildman–Crippen MR) is 95.6 cm³/mol. The standard InChI is InChI=1S/C15H13Cl3N4O/c16-12-5-6-13(17)14(18)11(12)8-23-10-3-1-9(2-4-10)7-21-22-15(19)20/h1-7H,8H2,(H4,19,20,22)/b21-7+. The Kier molecular flexibility index (Phi) is 6.10. The molecular formula is C15H13Cl3N4O. The van der Waals surface area contributed by atoms with Crippen LogP contribution >= 0.6 is 34.8 Å². The van der Waals surface area contributed by atoms with Gasteiger partial charge in [0.15, 0.2) is 0 Å². The minimum Gasteiger partial charge on any atom is -0.489 e. The zero-order valence-corrected chi connectivity index (χ0v) is 14.1. The Bertz CT molecular complexity index is 741. The van der Waals surface area contributed by atoms with Crippen molar-refractivity contribution in [1.29, 1.82) is 0 Å². The monoisotopic (exact) mass is 370 g/mol. The van der Waals surface area contributed by atoms with Gasteiger partial charge in [0.2, 0.25) is 5.96 Å². The number of hydrogen-bond donors (Lipinski definition) is 2. The molecule has 0 fully saturated rings. The topological polar surface area (TPSA) is 86.0 Å². The highest BCUT2D eigenvalue weighted by Gasteiger charge is 2.10. The van der Waals surface area contributed by atoms with Gasteiger partial charge in [0, 0.05) is 10.6 Å². The van der Waals surface area contributed by atoms with Crippen LogP contribution in [-0.2, 0) is 6.61 Å². The normalized spacial score (nSPS) is 10.7. The molecule has 2 aromatic carbocycles. The smallest absolute Gasteiger partial charge is 0.211 e. The van der Waals surface area contributed by atoms with Gasteiger partial charge in [-0.15, -0.1) is 5.10 Å². The van der Waals surface area contributed by atoms with Gasteiger partial charge in [-0.25, -0.2) is 0 Å². The lowest BCUT2D eigenvalue weighted by Crippen LogP contribution is -2.21. The van der Waals surface area contributed by atoms with E-state index in [0.29, 0.717) is 26.4 Å². The molecule has 0 aliphatic heterocycles. The number of ether oxygens (including phenoxy) is 1. The van der Waals surface area contributed by atoms with Crippen LogP contribution in [0.25, 0.3) is 0 Å². The average molecular weight is 372 g/mol. The first kappa shape index (κ1) is 17.4. The summed E-state index contributed by atoms with van der Waals surface area (Å²) in [6.45, 7) is 0.208. The second-order valence-corrected chi connectivity index (χ2v) is 5.64. The van der Waals surface area contributed by atoms with Crippen LogP contribution in [0.15, 0.2) is 46.6 Å². The Balaban J connectivity index is 2.04. The molecule has 23 heavy (non-hydrogen) atoms. The summed E-state index contributed by atoms with van der Waals surface area (Å²) in [6.07, 6.45) is 1.52. The van der Waals surface area contributed by atoms with Crippen LogP contribution < -0.4 is 16.2 Å². The third-order valence-corrected chi connectivity index (χ3v) is 3.98. The maximum atomic E-state index is 6.13. The highest BCUT2D eigenvalue weighted by atomic mass is 35.5. The first-order valence-corrected chi connectivity index (χ1v) is 7.58. The fourth-order valence-corrected chi connectivity index (χ4v) is 2.33. The number of nitrogens with zero attached hydrogens (tertiary/aromatic N) is 2. The molecule has 0 bridgehead atoms. The zero-order chi connectivity index (χ0) is 16.8. The van der Waals surface area contributed by atoms with Crippen LogP contribution in [0.3, 0.4) is 0 Å². The van der Waals surface area contributed by atoms with Crippen molar-refractivity contribution < 1.29 is 4.74 Å². The van der Waals surface area contributed by atoms with E-state index >= 15 is 0 Å². The lowest BCUT2D eigenvalue weighted by molar-refractivity contribution is 0.306. The minimum absolute atomic E-state index is 0.100. The van der Waals surface area contributed by atoms with Crippen LogP contribution in [-0.4, -0.2) is 12.2 Å². The van der Waals surface area contributed by atoms with Gasteiger partial charge in [-0.05, 0) is 42.0 Å². The summed E-state index contributed by atoms with van der Waals surface area (Å²) in [6, 6.07) is 10.5. The Labute approximate surface area is 148 Å². The Morgan fingerprint density at radius 3 is 2.30 bits per heavy atom. The van der Waals surface area contributed by atoms with Gasteiger partial charge in [0.1, 0.15) is 12.4 Å². The van der Waals surface area contributed by atoms with Crippen molar-refractivity contribution in [3.63, 3.8) is 0 Å². The quantitative estimate of drug-likeness (QED) is 0.362. The summed E-state index contributed by atoms with van der Waals surface area (Å²) in [5.41, 5.74) is 11.8. The molecule has 0 aliphatic carbocycles. The maximum Gasteiger partial charge on any atom is 0.211 e. The third kappa shape index (κ3) is 5.03. The van der Waals surface area contributed by atoms with Crippen molar-refractivity contribution in [3.8, 4) is 5.75 Å². The SMILES string of the molecule is NC(N)=N/N=C/c1ccc(OCc2c(Cl)ccc(Cl)c2Cl)cc1. The first-order valence-electron chi connectivity index (χ1n) is 6.44. The molecule has 120 valence electrons. The van der Waals surface area contributed by atoms with E-state index in [-0.39, 0.29) is 12.6 Å². The van der Waals surface area contributed by atoms with E-state index in [2.05, 4.69) is 10.2 Å². The van der Waals surface area contributed by atoms with E-state index < -0.39 is 0 Å². The minimum atomic E-state index is -0.100. The summed E-state index contributed by atoms with van der Waals surface area (Å²) in [5.74, 6) is 0.549. The molecule has 0 aliphatic rings. The van der Waals surface area contributed by atoms with Crippen LogP contribution in [0.2, 0.25) is 15.1 Å². The van der Waals surface area contributed by atoms with Gasteiger partial charge in [0.05, 0.1) is 16.3 Å². The summed E-state index contributed by atoms with van der Waals surface area (Å²) >= 11 is 18.2. The summed E-state index contributed by atoms with van der Waals surface area (Å²) in [4.78, 5) is 0. The van der Waals surface area contributed by atoms with E-state index in [1.807, 2.05) is 12.1 Å². The molecule has 0 atom stereocenters.